The first-order valence-corrected chi connectivity index (χ1v) is 5.32. The van der Waals surface area contributed by atoms with E-state index in [1.165, 1.54) is 0 Å². The summed E-state index contributed by atoms with van der Waals surface area (Å²) in [7, 11) is 4.24. The van der Waals surface area contributed by atoms with E-state index < -0.39 is 0 Å². The van der Waals surface area contributed by atoms with Gasteiger partial charge in [0.25, 0.3) is 0 Å². The molecular weight excluding hydrogens is 178 g/mol. The quantitative estimate of drug-likeness (QED) is 0.672. The molecule has 84 valence electrons. The molecule has 1 saturated heterocycles. The van der Waals surface area contributed by atoms with Crippen molar-refractivity contribution in [1.29, 1.82) is 0 Å². The van der Waals surface area contributed by atoms with E-state index in [2.05, 4.69) is 23.9 Å². The Bertz CT molecular complexity index is 163. The summed E-state index contributed by atoms with van der Waals surface area (Å²) in [6, 6.07) is 0.237. The Morgan fingerprint density at radius 1 is 1.64 bits per heavy atom. The van der Waals surface area contributed by atoms with Gasteiger partial charge in [0.15, 0.2) is 0 Å². The molecule has 0 saturated carbocycles. The number of hydrogen-bond donors (Lipinski definition) is 1. The van der Waals surface area contributed by atoms with Crippen LogP contribution in [0.15, 0.2) is 0 Å². The van der Waals surface area contributed by atoms with E-state index in [0.717, 1.165) is 32.8 Å². The summed E-state index contributed by atoms with van der Waals surface area (Å²) in [5.74, 6) is 0. The monoisotopic (exact) mass is 201 g/mol. The zero-order valence-electron chi connectivity index (χ0n) is 9.57. The molecule has 2 atom stereocenters. The highest BCUT2D eigenvalue weighted by atomic mass is 16.5. The Balaban J connectivity index is 2.21. The Hall–Kier alpha value is -0.160. The van der Waals surface area contributed by atoms with Crippen molar-refractivity contribution < 1.29 is 4.74 Å². The van der Waals surface area contributed by atoms with Crippen molar-refractivity contribution in [3.05, 3.63) is 0 Å². The van der Waals surface area contributed by atoms with Gasteiger partial charge in [-0.2, -0.15) is 0 Å². The van der Waals surface area contributed by atoms with Crippen LogP contribution in [0.3, 0.4) is 0 Å². The van der Waals surface area contributed by atoms with Crippen LogP contribution in [0, 0.1) is 0 Å². The minimum atomic E-state index is 0.237. The number of ether oxygens (including phenoxy) is 1. The zero-order valence-corrected chi connectivity index (χ0v) is 9.57. The van der Waals surface area contributed by atoms with Crippen LogP contribution in [0.2, 0.25) is 0 Å². The molecule has 0 aromatic carbocycles. The van der Waals surface area contributed by atoms with E-state index in [9.17, 15) is 0 Å². The smallest absolute Gasteiger partial charge is 0.0829 e. The van der Waals surface area contributed by atoms with Gasteiger partial charge in [0.2, 0.25) is 0 Å². The number of nitrogens with two attached hydrogens (primary N) is 1. The van der Waals surface area contributed by atoms with Gasteiger partial charge in [-0.1, -0.05) is 0 Å². The largest absolute Gasteiger partial charge is 0.374 e. The first kappa shape index (κ1) is 11.9. The van der Waals surface area contributed by atoms with Gasteiger partial charge in [0, 0.05) is 32.2 Å². The maximum absolute atomic E-state index is 5.73. The van der Waals surface area contributed by atoms with Crippen molar-refractivity contribution in [2.45, 2.75) is 19.1 Å². The second kappa shape index (κ2) is 5.66. The van der Waals surface area contributed by atoms with E-state index in [0.29, 0.717) is 6.10 Å². The number of nitrogens with zero attached hydrogens (tertiary/aromatic N) is 2. The fraction of sp³-hybridized carbons (Fsp3) is 1.00. The molecule has 0 aliphatic carbocycles. The lowest BCUT2D eigenvalue weighted by molar-refractivity contribution is -0.0327. The first-order chi connectivity index (χ1) is 6.58. The number of rotatable bonds is 4. The van der Waals surface area contributed by atoms with E-state index in [-0.39, 0.29) is 6.04 Å². The zero-order chi connectivity index (χ0) is 10.6. The minimum Gasteiger partial charge on any atom is -0.374 e. The summed E-state index contributed by atoms with van der Waals surface area (Å²) in [6.07, 6.45) is 0.345. The van der Waals surface area contributed by atoms with Gasteiger partial charge in [0.05, 0.1) is 12.7 Å². The van der Waals surface area contributed by atoms with Gasteiger partial charge in [-0.15, -0.1) is 0 Å². The summed E-state index contributed by atoms with van der Waals surface area (Å²) in [4.78, 5) is 4.56. The molecule has 0 aromatic rings. The molecule has 14 heavy (non-hydrogen) atoms. The van der Waals surface area contributed by atoms with Gasteiger partial charge in [-0.05, 0) is 21.0 Å². The minimum absolute atomic E-state index is 0.237. The Labute approximate surface area is 87.0 Å². The number of hydrogen-bond acceptors (Lipinski definition) is 4. The van der Waals surface area contributed by atoms with E-state index >= 15 is 0 Å². The molecule has 2 N–H and O–H groups in total. The maximum Gasteiger partial charge on any atom is 0.0829 e. The lowest BCUT2D eigenvalue weighted by atomic mass is 10.2. The van der Waals surface area contributed by atoms with Crippen LogP contribution >= 0.6 is 0 Å². The second-order valence-corrected chi connectivity index (χ2v) is 4.45. The maximum atomic E-state index is 5.73. The lowest BCUT2D eigenvalue weighted by Crippen LogP contribution is -2.46. The molecule has 2 unspecified atom stereocenters. The summed E-state index contributed by atoms with van der Waals surface area (Å²) >= 11 is 0. The molecule has 1 aliphatic rings. The molecule has 0 aromatic heterocycles. The predicted molar refractivity (Wildman–Crippen MR) is 58.4 cm³/mol. The highest BCUT2D eigenvalue weighted by molar-refractivity contribution is 4.73. The lowest BCUT2D eigenvalue weighted by Gasteiger charge is -2.33. The van der Waals surface area contributed by atoms with Crippen LogP contribution in [0.25, 0.3) is 0 Å². The van der Waals surface area contributed by atoms with Gasteiger partial charge >= 0.3 is 0 Å². The fourth-order valence-corrected chi connectivity index (χ4v) is 1.89. The molecule has 0 bridgehead atoms. The molecule has 1 heterocycles. The molecule has 0 radical (unpaired) electrons. The Morgan fingerprint density at radius 3 is 2.93 bits per heavy atom. The van der Waals surface area contributed by atoms with E-state index in [1.807, 2.05) is 6.92 Å². The van der Waals surface area contributed by atoms with Crippen molar-refractivity contribution in [3.8, 4) is 0 Å². The van der Waals surface area contributed by atoms with Crippen LogP contribution in [0.4, 0.5) is 0 Å². The average Bonchev–Trinajstić information content (AvgIpc) is 2.01. The third-order valence-electron chi connectivity index (χ3n) is 2.46. The van der Waals surface area contributed by atoms with Gasteiger partial charge in [0.1, 0.15) is 0 Å². The Morgan fingerprint density at radius 2 is 2.36 bits per heavy atom. The van der Waals surface area contributed by atoms with Crippen LogP contribution in [-0.2, 0) is 4.74 Å². The molecule has 4 heteroatoms. The van der Waals surface area contributed by atoms with Crippen LogP contribution < -0.4 is 5.73 Å². The van der Waals surface area contributed by atoms with Crippen LogP contribution in [0.5, 0.6) is 0 Å². The van der Waals surface area contributed by atoms with Gasteiger partial charge in [-0.3, -0.25) is 0 Å². The molecule has 1 rings (SSSR count). The topological polar surface area (TPSA) is 41.7 Å². The number of likely N-dealkylation sites (N-methyl/N-ethyl adjacent to an activating group) is 2. The third kappa shape index (κ3) is 4.37. The summed E-state index contributed by atoms with van der Waals surface area (Å²) in [5, 5.41) is 0. The van der Waals surface area contributed by atoms with Crippen molar-refractivity contribution in [2.75, 3.05) is 46.9 Å². The third-order valence-corrected chi connectivity index (χ3v) is 2.46. The van der Waals surface area contributed by atoms with Crippen molar-refractivity contribution >= 4 is 0 Å². The Kier molecular flexibility index (Phi) is 4.81. The van der Waals surface area contributed by atoms with Gasteiger partial charge in [-0.25, -0.2) is 0 Å². The normalized spacial score (nSPS) is 26.8. The molecule has 0 amide bonds. The average molecular weight is 201 g/mol. The summed E-state index contributed by atoms with van der Waals surface area (Å²) in [6.45, 7) is 6.88. The summed E-state index contributed by atoms with van der Waals surface area (Å²) < 4.78 is 5.68. The molecule has 1 aliphatic heterocycles. The molecule has 1 fully saturated rings. The highest BCUT2D eigenvalue weighted by Crippen LogP contribution is 2.04. The fourth-order valence-electron chi connectivity index (χ4n) is 1.89. The van der Waals surface area contributed by atoms with Crippen LogP contribution in [-0.4, -0.2) is 68.8 Å². The van der Waals surface area contributed by atoms with Gasteiger partial charge < -0.3 is 20.3 Å². The standard InChI is InChI=1S/C10H23N3O/c1-9(11)6-13(3)8-10-7-12(2)4-5-14-10/h9-10H,4-8,11H2,1-3H3. The van der Waals surface area contributed by atoms with Crippen molar-refractivity contribution in [3.63, 3.8) is 0 Å². The highest BCUT2D eigenvalue weighted by Gasteiger charge is 2.19. The SMILES string of the molecule is CC(N)CN(C)CC1CN(C)CCO1. The number of morpholine rings is 1. The second-order valence-electron chi connectivity index (χ2n) is 4.45. The predicted octanol–water partition coefficient (Wildman–Crippen LogP) is -0.404. The molecule has 4 nitrogen and oxygen atoms in total. The van der Waals surface area contributed by atoms with Crippen molar-refractivity contribution in [2.24, 2.45) is 5.73 Å². The summed E-state index contributed by atoms with van der Waals surface area (Å²) in [5.41, 5.74) is 5.73. The molecule has 0 spiro atoms. The van der Waals surface area contributed by atoms with E-state index in [1.54, 1.807) is 0 Å². The van der Waals surface area contributed by atoms with E-state index in [4.69, 9.17) is 10.5 Å². The van der Waals surface area contributed by atoms with Crippen molar-refractivity contribution in [1.82, 2.24) is 9.80 Å². The van der Waals surface area contributed by atoms with Crippen LogP contribution in [0.1, 0.15) is 6.92 Å². The molecular formula is C10H23N3O. The first-order valence-electron chi connectivity index (χ1n) is 5.32.